The summed E-state index contributed by atoms with van der Waals surface area (Å²) in [5, 5.41) is 13.1. The van der Waals surface area contributed by atoms with Crippen LogP contribution in [-0.2, 0) is 4.79 Å². The predicted molar refractivity (Wildman–Crippen MR) is 64.4 cm³/mol. The molecular formula is C10H14N4O5. The lowest BCUT2D eigenvalue weighted by molar-refractivity contribution is -0.138. The van der Waals surface area contributed by atoms with Crippen molar-refractivity contribution in [2.75, 3.05) is 19.5 Å². The number of hydrogen-bond donors (Lipinski definition) is 3. The van der Waals surface area contributed by atoms with Crippen molar-refractivity contribution >= 4 is 17.9 Å². The first kappa shape index (κ1) is 14.5. The summed E-state index contributed by atoms with van der Waals surface area (Å²) in [4.78, 5) is 29.8. The fourth-order valence-corrected chi connectivity index (χ4v) is 1.06. The Morgan fingerprint density at radius 3 is 2.21 bits per heavy atom. The number of aliphatic carboxylic acids is 1. The van der Waals surface area contributed by atoms with Crippen molar-refractivity contribution in [1.29, 1.82) is 0 Å². The second-order valence-electron chi connectivity index (χ2n) is 3.43. The maximum absolute atomic E-state index is 11.5. The van der Waals surface area contributed by atoms with Gasteiger partial charge in [0, 0.05) is 0 Å². The lowest BCUT2D eigenvalue weighted by atomic mass is 10.3. The Hall–Kier alpha value is -2.58. The van der Waals surface area contributed by atoms with E-state index in [0.29, 0.717) is 0 Å². The molecule has 0 aromatic carbocycles. The molecule has 2 amide bonds. The molecule has 1 atom stereocenters. The highest BCUT2D eigenvalue weighted by Gasteiger charge is 2.15. The summed E-state index contributed by atoms with van der Waals surface area (Å²) < 4.78 is 9.80. The molecule has 0 saturated heterocycles. The number of nitrogens with one attached hydrogen (secondary N) is 2. The van der Waals surface area contributed by atoms with E-state index in [1.54, 1.807) is 0 Å². The van der Waals surface area contributed by atoms with Gasteiger partial charge in [0.25, 0.3) is 0 Å². The first-order valence-electron chi connectivity index (χ1n) is 5.23. The topological polar surface area (TPSA) is 123 Å². The minimum atomic E-state index is -1.15. The van der Waals surface area contributed by atoms with E-state index >= 15 is 0 Å². The van der Waals surface area contributed by atoms with Crippen molar-refractivity contribution in [3.8, 4) is 11.8 Å². The van der Waals surface area contributed by atoms with Gasteiger partial charge in [-0.2, -0.15) is 9.97 Å². The zero-order valence-corrected chi connectivity index (χ0v) is 10.6. The molecule has 9 nitrogen and oxygen atoms in total. The highest BCUT2D eigenvalue weighted by Crippen LogP contribution is 2.16. The molecule has 0 unspecified atom stereocenters. The van der Waals surface area contributed by atoms with Gasteiger partial charge < -0.3 is 19.9 Å². The summed E-state index contributed by atoms with van der Waals surface area (Å²) in [7, 11) is 2.80. The van der Waals surface area contributed by atoms with Crippen LogP contribution in [0.15, 0.2) is 6.07 Å². The molecule has 0 aliphatic rings. The van der Waals surface area contributed by atoms with E-state index < -0.39 is 18.0 Å². The van der Waals surface area contributed by atoms with Crippen LogP contribution in [0.25, 0.3) is 0 Å². The zero-order valence-electron chi connectivity index (χ0n) is 10.6. The SMILES string of the molecule is COc1cc(OC)nc(NC(=O)N[C@@H](C)C(=O)O)n1. The number of carboxylic acids is 1. The summed E-state index contributed by atoms with van der Waals surface area (Å²) in [6.07, 6.45) is 0. The predicted octanol–water partition coefficient (Wildman–Crippen LogP) is 0.0884. The number of aromatic nitrogens is 2. The largest absolute Gasteiger partial charge is 0.481 e. The average Bonchev–Trinajstić information content (AvgIpc) is 2.37. The Bertz CT molecular complexity index is 457. The van der Waals surface area contributed by atoms with Crippen molar-refractivity contribution in [1.82, 2.24) is 15.3 Å². The third-order valence-electron chi connectivity index (χ3n) is 2.04. The number of urea groups is 1. The van der Waals surface area contributed by atoms with Crippen LogP contribution >= 0.6 is 0 Å². The van der Waals surface area contributed by atoms with Gasteiger partial charge in [0.05, 0.1) is 20.3 Å². The second-order valence-corrected chi connectivity index (χ2v) is 3.43. The van der Waals surface area contributed by atoms with E-state index in [2.05, 4.69) is 20.6 Å². The summed E-state index contributed by atoms with van der Waals surface area (Å²) in [5.41, 5.74) is 0. The third kappa shape index (κ3) is 4.30. The maximum atomic E-state index is 11.5. The van der Waals surface area contributed by atoms with E-state index in [1.165, 1.54) is 27.2 Å². The number of ether oxygens (including phenoxy) is 2. The van der Waals surface area contributed by atoms with Crippen LogP contribution in [0.4, 0.5) is 10.7 Å². The van der Waals surface area contributed by atoms with Crippen molar-refractivity contribution < 1.29 is 24.2 Å². The van der Waals surface area contributed by atoms with Gasteiger partial charge in [0.1, 0.15) is 6.04 Å². The molecule has 0 aliphatic carbocycles. The van der Waals surface area contributed by atoms with Gasteiger partial charge in [0.15, 0.2) is 0 Å². The molecule has 1 heterocycles. The highest BCUT2D eigenvalue weighted by atomic mass is 16.5. The van der Waals surface area contributed by atoms with E-state index in [1.807, 2.05) is 0 Å². The van der Waals surface area contributed by atoms with Crippen molar-refractivity contribution in [3.05, 3.63) is 6.07 Å². The fourth-order valence-electron chi connectivity index (χ4n) is 1.06. The first-order valence-corrected chi connectivity index (χ1v) is 5.23. The monoisotopic (exact) mass is 270 g/mol. The van der Waals surface area contributed by atoms with Gasteiger partial charge in [-0.25, -0.2) is 4.79 Å². The standard InChI is InChI=1S/C10H14N4O5/c1-5(8(15)16)11-10(17)14-9-12-6(18-2)4-7(13-9)19-3/h4-5H,1-3H3,(H,15,16)(H2,11,12,13,14,17)/t5-/m0/s1. The maximum Gasteiger partial charge on any atom is 0.325 e. The minimum absolute atomic E-state index is 0.0636. The molecule has 0 bridgehead atoms. The van der Waals surface area contributed by atoms with E-state index in [4.69, 9.17) is 14.6 Å². The summed E-state index contributed by atoms with van der Waals surface area (Å²) in [6, 6.07) is -0.346. The van der Waals surface area contributed by atoms with E-state index in [9.17, 15) is 9.59 Å². The van der Waals surface area contributed by atoms with Crippen LogP contribution < -0.4 is 20.1 Å². The van der Waals surface area contributed by atoms with E-state index in [-0.39, 0.29) is 17.7 Å². The normalized spacial score (nSPS) is 11.3. The van der Waals surface area contributed by atoms with Gasteiger partial charge in [-0.1, -0.05) is 0 Å². The van der Waals surface area contributed by atoms with Crippen LogP contribution in [-0.4, -0.2) is 47.3 Å². The summed E-state index contributed by atoms with van der Waals surface area (Å²) in [5.74, 6) is -0.813. The van der Waals surface area contributed by atoms with E-state index in [0.717, 1.165) is 0 Å². The Morgan fingerprint density at radius 2 is 1.79 bits per heavy atom. The number of carbonyl (C=O) groups excluding carboxylic acids is 1. The number of anilines is 1. The Labute approximate surface area is 109 Å². The molecule has 9 heteroatoms. The van der Waals surface area contributed by atoms with Gasteiger partial charge >= 0.3 is 12.0 Å². The Balaban J connectivity index is 2.75. The molecule has 0 fully saturated rings. The quantitative estimate of drug-likeness (QED) is 0.692. The lowest BCUT2D eigenvalue weighted by Crippen LogP contribution is -2.41. The van der Waals surface area contributed by atoms with Gasteiger partial charge in [-0.15, -0.1) is 0 Å². The van der Waals surface area contributed by atoms with Gasteiger partial charge in [-0.3, -0.25) is 10.1 Å². The molecule has 1 aromatic rings. The van der Waals surface area contributed by atoms with Gasteiger partial charge in [0.2, 0.25) is 17.7 Å². The molecule has 3 N–H and O–H groups in total. The highest BCUT2D eigenvalue weighted by molar-refractivity contribution is 5.90. The number of carbonyl (C=O) groups is 2. The number of carboxylic acid groups (broad SMARTS) is 1. The van der Waals surface area contributed by atoms with Crippen molar-refractivity contribution in [2.24, 2.45) is 0 Å². The summed E-state index contributed by atoms with van der Waals surface area (Å²) in [6.45, 7) is 1.33. The molecule has 0 saturated carbocycles. The Kier molecular flexibility index (Phi) is 4.86. The second kappa shape index (κ2) is 6.38. The van der Waals surface area contributed by atoms with Crippen LogP contribution in [0, 0.1) is 0 Å². The number of nitrogens with zero attached hydrogens (tertiary/aromatic N) is 2. The first-order chi connectivity index (χ1) is 8.96. The number of methoxy groups -OCH3 is 2. The molecule has 0 spiro atoms. The van der Waals surface area contributed by atoms with Crippen LogP contribution in [0.5, 0.6) is 11.8 Å². The summed E-state index contributed by atoms with van der Waals surface area (Å²) >= 11 is 0. The molecule has 1 aromatic heterocycles. The average molecular weight is 270 g/mol. The van der Waals surface area contributed by atoms with Crippen LogP contribution in [0.1, 0.15) is 6.92 Å². The zero-order chi connectivity index (χ0) is 14.4. The minimum Gasteiger partial charge on any atom is -0.481 e. The lowest BCUT2D eigenvalue weighted by Gasteiger charge is -2.10. The molecule has 1 rings (SSSR count). The number of rotatable bonds is 5. The Morgan fingerprint density at radius 1 is 1.26 bits per heavy atom. The van der Waals surface area contributed by atoms with Crippen molar-refractivity contribution in [3.63, 3.8) is 0 Å². The van der Waals surface area contributed by atoms with Crippen molar-refractivity contribution in [2.45, 2.75) is 13.0 Å². The number of amides is 2. The molecule has 19 heavy (non-hydrogen) atoms. The number of hydrogen-bond acceptors (Lipinski definition) is 6. The van der Waals surface area contributed by atoms with Crippen LogP contribution in [0.2, 0.25) is 0 Å². The van der Waals surface area contributed by atoms with Gasteiger partial charge in [-0.05, 0) is 6.92 Å². The fraction of sp³-hybridized carbons (Fsp3) is 0.400. The molecule has 104 valence electrons. The molecular weight excluding hydrogens is 256 g/mol. The third-order valence-corrected chi connectivity index (χ3v) is 2.04. The molecule has 0 aliphatic heterocycles. The molecule has 0 radical (unpaired) electrons. The smallest absolute Gasteiger partial charge is 0.325 e. The van der Waals surface area contributed by atoms with Crippen LogP contribution in [0.3, 0.4) is 0 Å².